The monoisotopic (exact) mass is 282 g/mol. The summed E-state index contributed by atoms with van der Waals surface area (Å²) in [4.78, 5) is 17.6. The number of carbonyl (C=O) groups is 1. The van der Waals surface area contributed by atoms with Crippen LogP contribution in [0.1, 0.15) is 55.2 Å². The van der Waals surface area contributed by atoms with E-state index in [1.54, 1.807) is 0 Å². The third-order valence-electron chi connectivity index (χ3n) is 4.48. The van der Waals surface area contributed by atoms with Gasteiger partial charge in [0.05, 0.1) is 11.1 Å². The molecule has 1 aromatic heterocycles. The standard InChI is InChI=1S/C18H22N2O/c1-4-18(2,3)20-17(21)16-12-8-5-6-10-14(12)19-15-11-7-9-13(15)16/h5-6,8,10H,4,7,9,11H2,1-3H3,(H,20,21). The van der Waals surface area contributed by atoms with Crippen LogP contribution in [-0.4, -0.2) is 16.4 Å². The van der Waals surface area contributed by atoms with Crippen LogP contribution in [0.2, 0.25) is 0 Å². The fourth-order valence-electron chi connectivity index (χ4n) is 2.93. The zero-order valence-electron chi connectivity index (χ0n) is 13.0. The topological polar surface area (TPSA) is 42.0 Å². The summed E-state index contributed by atoms with van der Waals surface area (Å²) in [7, 11) is 0. The Hall–Kier alpha value is -1.90. The highest BCUT2D eigenvalue weighted by Crippen LogP contribution is 2.30. The molecular weight excluding hydrogens is 260 g/mol. The van der Waals surface area contributed by atoms with Gasteiger partial charge in [0.1, 0.15) is 0 Å². The molecule has 0 unspecified atom stereocenters. The number of fused-ring (bicyclic) bond motifs is 2. The summed E-state index contributed by atoms with van der Waals surface area (Å²) in [6, 6.07) is 7.96. The van der Waals surface area contributed by atoms with Gasteiger partial charge in [-0.15, -0.1) is 0 Å². The first-order valence-corrected chi connectivity index (χ1v) is 7.75. The minimum atomic E-state index is -0.188. The van der Waals surface area contributed by atoms with Crippen molar-refractivity contribution < 1.29 is 4.79 Å². The highest BCUT2D eigenvalue weighted by atomic mass is 16.1. The Labute approximate surface area is 125 Å². The number of aryl methyl sites for hydroxylation is 1. The molecule has 0 radical (unpaired) electrons. The smallest absolute Gasteiger partial charge is 0.252 e. The normalized spacial score (nSPS) is 14.2. The Kier molecular flexibility index (Phi) is 3.44. The van der Waals surface area contributed by atoms with Gasteiger partial charge in [-0.05, 0) is 51.2 Å². The molecule has 0 aliphatic heterocycles. The van der Waals surface area contributed by atoms with Crippen LogP contribution >= 0.6 is 0 Å². The van der Waals surface area contributed by atoms with Crippen molar-refractivity contribution in [2.75, 3.05) is 0 Å². The fourth-order valence-corrected chi connectivity index (χ4v) is 2.93. The fraction of sp³-hybridized carbons (Fsp3) is 0.444. The number of rotatable bonds is 3. The van der Waals surface area contributed by atoms with Crippen LogP contribution in [0.5, 0.6) is 0 Å². The number of hydrogen-bond acceptors (Lipinski definition) is 2. The molecule has 1 heterocycles. The van der Waals surface area contributed by atoms with Crippen molar-refractivity contribution in [1.29, 1.82) is 0 Å². The summed E-state index contributed by atoms with van der Waals surface area (Å²) < 4.78 is 0. The average molecular weight is 282 g/mol. The molecular formula is C18H22N2O. The molecule has 0 bridgehead atoms. The Morgan fingerprint density at radius 1 is 1.29 bits per heavy atom. The molecule has 0 atom stereocenters. The maximum atomic E-state index is 12.9. The Morgan fingerprint density at radius 3 is 2.81 bits per heavy atom. The van der Waals surface area contributed by atoms with Gasteiger partial charge in [0.15, 0.2) is 0 Å². The van der Waals surface area contributed by atoms with Gasteiger partial charge in [0, 0.05) is 16.6 Å². The zero-order valence-corrected chi connectivity index (χ0v) is 13.0. The van der Waals surface area contributed by atoms with Crippen LogP contribution in [0.15, 0.2) is 24.3 Å². The van der Waals surface area contributed by atoms with Crippen molar-refractivity contribution in [3.8, 4) is 0 Å². The van der Waals surface area contributed by atoms with Crippen LogP contribution < -0.4 is 5.32 Å². The number of amides is 1. The van der Waals surface area contributed by atoms with E-state index in [1.807, 2.05) is 24.3 Å². The molecule has 2 aromatic rings. The molecule has 3 nitrogen and oxygen atoms in total. The second kappa shape index (κ2) is 5.14. The molecule has 110 valence electrons. The summed E-state index contributed by atoms with van der Waals surface area (Å²) in [5.74, 6) is 0.0404. The minimum Gasteiger partial charge on any atom is -0.347 e. The first kappa shape index (κ1) is 14.1. The lowest BCUT2D eigenvalue weighted by Crippen LogP contribution is -2.43. The van der Waals surface area contributed by atoms with Crippen molar-refractivity contribution in [3.63, 3.8) is 0 Å². The largest absolute Gasteiger partial charge is 0.347 e. The molecule has 0 saturated heterocycles. The van der Waals surface area contributed by atoms with E-state index in [0.29, 0.717) is 0 Å². The number of nitrogens with one attached hydrogen (secondary N) is 1. The maximum absolute atomic E-state index is 12.9. The molecule has 21 heavy (non-hydrogen) atoms. The molecule has 1 aromatic carbocycles. The van der Waals surface area contributed by atoms with E-state index >= 15 is 0 Å². The van der Waals surface area contributed by atoms with Crippen molar-refractivity contribution in [2.45, 2.75) is 52.0 Å². The van der Waals surface area contributed by atoms with Gasteiger partial charge in [-0.1, -0.05) is 25.1 Å². The van der Waals surface area contributed by atoms with Gasteiger partial charge >= 0.3 is 0 Å². The molecule has 1 N–H and O–H groups in total. The Balaban J connectivity index is 2.15. The predicted molar refractivity (Wildman–Crippen MR) is 85.6 cm³/mol. The van der Waals surface area contributed by atoms with Gasteiger partial charge < -0.3 is 5.32 Å². The lowest BCUT2D eigenvalue weighted by molar-refractivity contribution is 0.0912. The molecule has 3 rings (SSSR count). The number of pyridine rings is 1. The highest BCUT2D eigenvalue weighted by molar-refractivity contribution is 6.08. The van der Waals surface area contributed by atoms with E-state index in [-0.39, 0.29) is 11.4 Å². The first-order valence-electron chi connectivity index (χ1n) is 7.75. The van der Waals surface area contributed by atoms with Crippen LogP contribution in [0.25, 0.3) is 10.9 Å². The summed E-state index contributed by atoms with van der Waals surface area (Å²) in [5.41, 5.74) is 3.84. The van der Waals surface area contributed by atoms with Gasteiger partial charge in [-0.25, -0.2) is 0 Å². The third kappa shape index (κ3) is 2.53. The average Bonchev–Trinajstić information content (AvgIpc) is 2.91. The van der Waals surface area contributed by atoms with E-state index in [2.05, 4.69) is 26.1 Å². The van der Waals surface area contributed by atoms with Gasteiger partial charge in [-0.2, -0.15) is 0 Å². The lowest BCUT2D eigenvalue weighted by Gasteiger charge is -2.25. The van der Waals surface area contributed by atoms with E-state index < -0.39 is 0 Å². The number of carbonyl (C=O) groups excluding carboxylic acids is 1. The molecule has 1 amide bonds. The SMILES string of the molecule is CCC(C)(C)NC(=O)c1c2c(nc3ccccc13)CCC2. The Morgan fingerprint density at radius 2 is 2.05 bits per heavy atom. The van der Waals surface area contributed by atoms with E-state index in [4.69, 9.17) is 4.98 Å². The summed E-state index contributed by atoms with van der Waals surface area (Å²) in [5, 5.41) is 4.15. The molecule has 0 saturated carbocycles. The van der Waals surface area contributed by atoms with Crippen LogP contribution in [0, 0.1) is 0 Å². The van der Waals surface area contributed by atoms with Crippen molar-refractivity contribution in [1.82, 2.24) is 10.3 Å². The molecule has 1 aliphatic carbocycles. The zero-order chi connectivity index (χ0) is 15.0. The molecule has 3 heteroatoms. The number of nitrogens with zero attached hydrogens (tertiary/aromatic N) is 1. The lowest BCUT2D eigenvalue weighted by atomic mass is 9.97. The van der Waals surface area contributed by atoms with Crippen LogP contribution in [0.4, 0.5) is 0 Å². The second-order valence-corrected chi connectivity index (χ2v) is 6.47. The highest BCUT2D eigenvalue weighted by Gasteiger charge is 2.26. The predicted octanol–water partition coefficient (Wildman–Crippen LogP) is 3.64. The summed E-state index contributed by atoms with van der Waals surface area (Å²) in [6.45, 7) is 6.22. The van der Waals surface area contributed by atoms with Gasteiger partial charge in [0.2, 0.25) is 0 Å². The van der Waals surface area contributed by atoms with Crippen LogP contribution in [0.3, 0.4) is 0 Å². The van der Waals surface area contributed by atoms with Gasteiger partial charge in [0.25, 0.3) is 5.91 Å². The van der Waals surface area contributed by atoms with Gasteiger partial charge in [-0.3, -0.25) is 9.78 Å². The number of benzene rings is 1. The summed E-state index contributed by atoms with van der Waals surface area (Å²) in [6.07, 6.45) is 3.94. The van der Waals surface area contributed by atoms with Crippen molar-refractivity contribution >= 4 is 16.8 Å². The van der Waals surface area contributed by atoms with E-state index in [9.17, 15) is 4.79 Å². The van der Waals surface area contributed by atoms with Crippen molar-refractivity contribution in [2.24, 2.45) is 0 Å². The summed E-state index contributed by atoms with van der Waals surface area (Å²) >= 11 is 0. The molecule has 1 aliphatic rings. The first-order chi connectivity index (χ1) is 10.0. The van der Waals surface area contributed by atoms with Crippen LogP contribution in [-0.2, 0) is 12.8 Å². The van der Waals surface area contributed by atoms with E-state index in [1.165, 1.54) is 0 Å². The van der Waals surface area contributed by atoms with Crippen molar-refractivity contribution in [3.05, 3.63) is 41.1 Å². The Bertz CT molecular complexity index is 704. The molecule has 0 fully saturated rings. The number of aromatic nitrogens is 1. The number of hydrogen-bond donors (Lipinski definition) is 1. The second-order valence-electron chi connectivity index (χ2n) is 6.47. The minimum absolute atomic E-state index is 0.0404. The number of para-hydroxylation sites is 1. The third-order valence-corrected chi connectivity index (χ3v) is 4.48. The van der Waals surface area contributed by atoms with E-state index in [0.717, 1.165) is 53.4 Å². The quantitative estimate of drug-likeness (QED) is 0.933. The maximum Gasteiger partial charge on any atom is 0.252 e. The molecule has 0 spiro atoms.